The van der Waals surface area contributed by atoms with Gasteiger partial charge in [-0.1, -0.05) is 63.9 Å². The molecule has 3 atom stereocenters. The van der Waals surface area contributed by atoms with E-state index >= 15 is 0 Å². The molecule has 1 rings (SSSR count). The standard InChI is InChI=1S/C20H39NO4Si2/c1-7-19(23)21-15-20(24)25-18-14-16(8-9-17(18)22)10-11-27(5,6)13-12-26(2,3)4/h7,16-18,22H,1,8-15H2,2-6H3,(H,21,23). The highest BCUT2D eigenvalue weighted by Crippen LogP contribution is 2.33. The van der Waals surface area contributed by atoms with Crippen LogP contribution in [0.25, 0.3) is 0 Å². The molecule has 0 saturated heterocycles. The molecule has 7 heteroatoms. The van der Waals surface area contributed by atoms with Crippen LogP contribution in [0.5, 0.6) is 0 Å². The van der Waals surface area contributed by atoms with Gasteiger partial charge in [0.25, 0.3) is 0 Å². The molecular weight excluding hydrogens is 374 g/mol. The summed E-state index contributed by atoms with van der Waals surface area (Å²) in [5.74, 6) is -0.396. The molecule has 0 aromatic heterocycles. The Morgan fingerprint density at radius 3 is 2.41 bits per heavy atom. The van der Waals surface area contributed by atoms with Gasteiger partial charge in [-0.05, 0) is 31.3 Å². The van der Waals surface area contributed by atoms with Crippen LogP contribution < -0.4 is 5.32 Å². The van der Waals surface area contributed by atoms with E-state index < -0.39 is 40.2 Å². The molecule has 27 heavy (non-hydrogen) atoms. The number of hydrogen-bond acceptors (Lipinski definition) is 4. The molecule has 0 spiro atoms. The number of amides is 1. The summed E-state index contributed by atoms with van der Waals surface area (Å²) in [6.45, 7) is 15.5. The zero-order chi connectivity index (χ0) is 20.7. The molecule has 0 radical (unpaired) electrons. The SMILES string of the molecule is C=CC(=O)NCC(=O)OC1CC(CC[Si](C)(C)CC[Si](C)(C)C)CCC1O. The summed E-state index contributed by atoms with van der Waals surface area (Å²) in [6, 6.07) is 4.11. The Kier molecular flexibility index (Phi) is 9.44. The maximum Gasteiger partial charge on any atom is 0.325 e. The fraction of sp³-hybridized carbons (Fsp3) is 0.800. The summed E-state index contributed by atoms with van der Waals surface area (Å²) in [5.41, 5.74) is 0. The summed E-state index contributed by atoms with van der Waals surface area (Å²) in [7, 11) is -2.17. The number of esters is 1. The van der Waals surface area contributed by atoms with Crippen molar-refractivity contribution in [1.29, 1.82) is 0 Å². The first-order valence-electron chi connectivity index (χ1n) is 10.2. The third-order valence-corrected chi connectivity index (χ3v) is 11.0. The third kappa shape index (κ3) is 10.3. The van der Waals surface area contributed by atoms with Crippen LogP contribution in [-0.2, 0) is 14.3 Å². The summed E-state index contributed by atoms with van der Waals surface area (Å²) >= 11 is 0. The lowest BCUT2D eigenvalue weighted by atomic mass is 9.84. The molecule has 1 fully saturated rings. The molecule has 1 amide bonds. The molecule has 3 unspecified atom stereocenters. The van der Waals surface area contributed by atoms with Gasteiger partial charge in [0.15, 0.2) is 0 Å². The van der Waals surface area contributed by atoms with E-state index in [1.807, 2.05) is 0 Å². The summed E-state index contributed by atoms with van der Waals surface area (Å²) < 4.78 is 5.43. The van der Waals surface area contributed by atoms with E-state index in [0.717, 1.165) is 18.9 Å². The minimum absolute atomic E-state index is 0.185. The minimum Gasteiger partial charge on any atom is -0.458 e. The van der Waals surface area contributed by atoms with Crippen LogP contribution in [0.15, 0.2) is 12.7 Å². The largest absolute Gasteiger partial charge is 0.458 e. The average molecular weight is 414 g/mol. The molecule has 0 heterocycles. The van der Waals surface area contributed by atoms with Gasteiger partial charge in [-0.15, -0.1) is 0 Å². The van der Waals surface area contributed by atoms with Crippen LogP contribution in [0.2, 0.25) is 50.9 Å². The zero-order valence-corrected chi connectivity index (χ0v) is 19.8. The monoisotopic (exact) mass is 413 g/mol. The van der Waals surface area contributed by atoms with Crippen LogP contribution in [0.1, 0.15) is 25.7 Å². The highest BCUT2D eigenvalue weighted by Gasteiger charge is 2.33. The Hall–Kier alpha value is -0.926. The molecule has 5 nitrogen and oxygen atoms in total. The lowest BCUT2D eigenvalue weighted by Crippen LogP contribution is -2.40. The van der Waals surface area contributed by atoms with Gasteiger partial charge in [0.1, 0.15) is 12.6 Å². The zero-order valence-electron chi connectivity index (χ0n) is 17.8. The third-order valence-electron chi connectivity index (χ3n) is 5.52. The summed E-state index contributed by atoms with van der Waals surface area (Å²) in [6.07, 6.45) is 3.63. The van der Waals surface area contributed by atoms with Gasteiger partial charge in [-0.25, -0.2) is 0 Å². The minimum atomic E-state index is -1.19. The van der Waals surface area contributed by atoms with E-state index in [2.05, 4.69) is 44.6 Å². The smallest absolute Gasteiger partial charge is 0.325 e. The number of nitrogens with one attached hydrogen (secondary N) is 1. The number of carbonyl (C=O) groups excluding carboxylic acids is 2. The van der Waals surface area contributed by atoms with E-state index in [-0.39, 0.29) is 6.54 Å². The second-order valence-electron chi connectivity index (χ2n) is 9.96. The van der Waals surface area contributed by atoms with E-state index in [9.17, 15) is 14.7 Å². The quantitative estimate of drug-likeness (QED) is 0.324. The number of hydrogen-bond donors (Lipinski definition) is 2. The van der Waals surface area contributed by atoms with E-state index in [0.29, 0.717) is 12.3 Å². The number of aliphatic hydroxyl groups excluding tert-OH is 1. The van der Waals surface area contributed by atoms with Gasteiger partial charge >= 0.3 is 5.97 Å². The van der Waals surface area contributed by atoms with Crippen molar-refractivity contribution in [3.63, 3.8) is 0 Å². The van der Waals surface area contributed by atoms with Crippen LogP contribution in [0.3, 0.4) is 0 Å². The Labute approximate surface area is 167 Å². The fourth-order valence-corrected chi connectivity index (χ4v) is 10.6. The van der Waals surface area contributed by atoms with Gasteiger partial charge in [-0.2, -0.15) is 0 Å². The number of ether oxygens (including phenoxy) is 1. The first kappa shape index (κ1) is 24.1. The van der Waals surface area contributed by atoms with Crippen LogP contribution in [0.4, 0.5) is 0 Å². The normalized spacial score (nSPS) is 23.6. The van der Waals surface area contributed by atoms with Crippen molar-refractivity contribution in [2.24, 2.45) is 5.92 Å². The maximum absolute atomic E-state index is 11.9. The molecule has 156 valence electrons. The van der Waals surface area contributed by atoms with Crippen LogP contribution >= 0.6 is 0 Å². The lowest BCUT2D eigenvalue weighted by Gasteiger charge is -2.34. The molecule has 1 saturated carbocycles. The molecule has 1 aliphatic rings. The van der Waals surface area contributed by atoms with E-state index in [1.54, 1.807) is 0 Å². The van der Waals surface area contributed by atoms with Gasteiger partial charge in [0, 0.05) is 16.1 Å². The summed E-state index contributed by atoms with van der Waals surface area (Å²) in [4.78, 5) is 23.0. The lowest BCUT2D eigenvalue weighted by molar-refractivity contribution is -0.158. The number of aliphatic hydroxyl groups is 1. The first-order chi connectivity index (χ1) is 12.4. The van der Waals surface area contributed by atoms with Crippen LogP contribution in [0, 0.1) is 5.92 Å². The molecule has 0 aromatic carbocycles. The van der Waals surface area contributed by atoms with Gasteiger partial charge in [0.2, 0.25) is 5.91 Å². The first-order valence-corrected chi connectivity index (χ1v) is 17.3. The Morgan fingerprint density at radius 1 is 1.15 bits per heavy atom. The molecule has 0 aromatic rings. The molecule has 0 aliphatic heterocycles. The second kappa shape index (κ2) is 10.6. The van der Waals surface area contributed by atoms with E-state index in [1.165, 1.54) is 24.6 Å². The van der Waals surface area contributed by atoms with Gasteiger partial charge in [-0.3, -0.25) is 9.59 Å². The second-order valence-corrected chi connectivity index (χ2v) is 20.9. The average Bonchev–Trinajstić information content (AvgIpc) is 2.58. The Bertz CT molecular complexity index is 517. The van der Waals surface area contributed by atoms with Crippen molar-refractivity contribution in [1.82, 2.24) is 5.32 Å². The van der Waals surface area contributed by atoms with E-state index in [4.69, 9.17) is 4.74 Å². The van der Waals surface area contributed by atoms with Crippen molar-refractivity contribution in [3.8, 4) is 0 Å². The van der Waals surface area contributed by atoms with Crippen LogP contribution in [-0.4, -0.2) is 51.9 Å². The number of rotatable bonds is 10. The highest BCUT2D eigenvalue weighted by molar-refractivity contribution is 6.82. The van der Waals surface area contributed by atoms with Gasteiger partial charge < -0.3 is 15.2 Å². The molecule has 1 aliphatic carbocycles. The molecule has 2 N–H and O–H groups in total. The topological polar surface area (TPSA) is 75.6 Å². The number of carbonyl (C=O) groups is 2. The maximum atomic E-state index is 11.9. The Balaban J connectivity index is 2.44. The highest BCUT2D eigenvalue weighted by atomic mass is 28.3. The van der Waals surface area contributed by atoms with Crippen molar-refractivity contribution in [3.05, 3.63) is 12.7 Å². The van der Waals surface area contributed by atoms with Gasteiger partial charge in [0.05, 0.1) is 6.10 Å². The van der Waals surface area contributed by atoms with Crippen molar-refractivity contribution in [2.75, 3.05) is 6.54 Å². The van der Waals surface area contributed by atoms with Crippen molar-refractivity contribution >= 4 is 28.0 Å². The van der Waals surface area contributed by atoms with Crippen molar-refractivity contribution in [2.45, 2.75) is 88.8 Å². The predicted octanol–water partition coefficient (Wildman–Crippen LogP) is 3.80. The molecular formula is C20H39NO4Si2. The predicted molar refractivity (Wildman–Crippen MR) is 116 cm³/mol. The molecule has 0 bridgehead atoms. The Morgan fingerprint density at radius 2 is 1.81 bits per heavy atom. The summed E-state index contributed by atoms with van der Waals surface area (Å²) in [5, 5.41) is 12.6. The fourth-order valence-electron chi connectivity index (χ4n) is 3.46. The van der Waals surface area contributed by atoms with Crippen molar-refractivity contribution < 1.29 is 19.4 Å².